The Bertz CT molecular complexity index is 1160. The second kappa shape index (κ2) is 3.41. The monoisotopic (exact) mass is 304 g/mol. The second-order valence-corrected chi connectivity index (χ2v) is 6.42. The van der Waals surface area contributed by atoms with Gasteiger partial charge in [0.05, 0.1) is 0 Å². The van der Waals surface area contributed by atoms with Crippen LogP contribution in [0.15, 0.2) is 49.1 Å². The van der Waals surface area contributed by atoms with Gasteiger partial charge in [0.15, 0.2) is 11.3 Å². The van der Waals surface area contributed by atoms with Gasteiger partial charge in [-0.1, -0.05) is 24.3 Å². The predicted octanol–water partition coefficient (Wildman–Crippen LogP) is 4.50. The number of hydrogen-bond acceptors (Lipinski definition) is 4. The van der Waals surface area contributed by atoms with Crippen LogP contribution in [0, 0.1) is 0 Å². The molecule has 0 bridgehead atoms. The van der Waals surface area contributed by atoms with E-state index < -0.39 is 0 Å². The van der Waals surface area contributed by atoms with Crippen LogP contribution in [-0.4, -0.2) is 19.9 Å². The first-order valence-electron chi connectivity index (χ1n) is 7.90. The van der Waals surface area contributed by atoms with E-state index in [2.05, 4.69) is 44.2 Å². The van der Waals surface area contributed by atoms with Crippen LogP contribution in [-0.2, 0) is 0 Å². The molecular weight excluding hydrogens is 296 g/mol. The fourth-order valence-electron chi connectivity index (χ4n) is 4.32. The summed E-state index contributed by atoms with van der Waals surface area (Å²) in [7, 11) is 0. The Kier molecular flexibility index (Phi) is 1.59. The van der Waals surface area contributed by atoms with E-state index in [0.29, 0.717) is 0 Å². The van der Waals surface area contributed by atoms with E-state index in [-0.39, 0.29) is 0 Å². The predicted molar refractivity (Wildman–Crippen MR) is 96.2 cm³/mol. The van der Waals surface area contributed by atoms with Gasteiger partial charge in [-0.05, 0) is 0 Å². The third-order valence-corrected chi connectivity index (χ3v) is 5.29. The highest BCUT2D eigenvalue weighted by molar-refractivity contribution is 6.42. The van der Waals surface area contributed by atoms with E-state index >= 15 is 0 Å². The zero-order valence-corrected chi connectivity index (χ0v) is 12.4. The van der Waals surface area contributed by atoms with Gasteiger partial charge in [-0.2, -0.15) is 0 Å². The third-order valence-electron chi connectivity index (χ3n) is 5.29. The maximum absolute atomic E-state index is 4.60. The molecule has 0 fully saturated rings. The normalized spacial score (nSPS) is 13.0. The van der Waals surface area contributed by atoms with Crippen molar-refractivity contribution >= 4 is 65.2 Å². The summed E-state index contributed by atoms with van der Waals surface area (Å²) in [5.41, 5.74) is 1.62. The first kappa shape index (κ1) is 11.2. The van der Waals surface area contributed by atoms with Crippen molar-refractivity contribution in [3.63, 3.8) is 0 Å². The first-order chi connectivity index (χ1) is 11.9. The lowest BCUT2D eigenvalue weighted by Crippen LogP contribution is -1.97. The molecule has 4 heterocycles. The Morgan fingerprint density at radius 3 is 0.958 bits per heavy atom. The average molecular weight is 304 g/mol. The number of nitrogens with zero attached hydrogens (tertiary/aromatic N) is 4. The molecular formula is C20H8N4. The lowest BCUT2D eigenvalue weighted by Gasteiger charge is -2.18. The minimum Gasteiger partial charge on any atom is -0.236 e. The van der Waals surface area contributed by atoms with Crippen molar-refractivity contribution in [2.24, 2.45) is 0 Å². The Labute approximate surface area is 134 Å². The molecule has 108 valence electrons. The summed E-state index contributed by atoms with van der Waals surface area (Å²) in [6, 6.07) is 8.49. The molecule has 0 radical (unpaired) electrons. The molecule has 0 N–H and O–H groups in total. The minimum absolute atomic E-state index is 0.808. The minimum atomic E-state index is 0.808. The summed E-state index contributed by atoms with van der Waals surface area (Å²) in [5, 5.41) is 11.8. The van der Waals surface area contributed by atoms with Crippen LogP contribution in [0.3, 0.4) is 0 Å². The maximum atomic E-state index is 4.60. The molecule has 4 heteroatoms. The van der Waals surface area contributed by atoms with Crippen LogP contribution in [0.4, 0.5) is 0 Å². The molecule has 4 aromatic heterocycles. The Balaban J connectivity index is 2.11. The highest BCUT2D eigenvalue weighted by Gasteiger charge is 2.21. The van der Waals surface area contributed by atoms with E-state index in [1.54, 1.807) is 0 Å². The van der Waals surface area contributed by atoms with Crippen LogP contribution in [0.25, 0.3) is 65.2 Å². The van der Waals surface area contributed by atoms with Gasteiger partial charge < -0.3 is 0 Å². The molecule has 3 aromatic carbocycles. The lowest BCUT2D eigenvalue weighted by molar-refractivity contribution is 1.31. The van der Waals surface area contributed by atoms with Crippen LogP contribution in [0.5, 0.6) is 0 Å². The lowest BCUT2D eigenvalue weighted by atomic mass is 9.88. The molecule has 7 rings (SSSR count). The number of benzene rings is 3. The highest BCUT2D eigenvalue weighted by atomic mass is 14.8. The van der Waals surface area contributed by atoms with E-state index in [1.165, 1.54) is 21.5 Å². The van der Waals surface area contributed by atoms with E-state index in [9.17, 15) is 0 Å². The Morgan fingerprint density at radius 1 is 0.375 bits per heavy atom. The van der Waals surface area contributed by atoms with Crippen LogP contribution >= 0.6 is 0 Å². The largest absolute Gasteiger partial charge is 0.236 e. The maximum Gasteiger partial charge on any atom is 0.160 e. The van der Waals surface area contributed by atoms with Crippen molar-refractivity contribution in [2.45, 2.75) is 0 Å². The van der Waals surface area contributed by atoms with E-state index in [1.807, 2.05) is 24.8 Å². The molecule has 0 aliphatic rings. The van der Waals surface area contributed by atoms with Crippen molar-refractivity contribution in [3.05, 3.63) is 49.1 Å². The fraction of sp³-hybridized carbons (Fsp3) is 0. The molecule has 0 spiro atoms. The summed E-state index contributed by atoms with van der Waals surface area (Å²) in [4.78, 5) is 18.4. The molecule has 0 saturated heterocycles. The third kappa shape index (κ3) is 1.04. The van der Waals surface area contributed by atoms with Crippen LogP contribution in [0.1, 0.15) is 0 Å². The Hall–Kier alpha value is -3.40. The Morgan fingerprint density at radius 2 is 0.667 bits per heavy atom. The smallest absolute Gasteiger partial charge is 0.160 e. The molecule has 0 amide bonds. The number of rotatable bonds is 0. The first-order valence-corrected chi connectivity index (χ1v) is 7.90. The van der Waals surface area contributed by atoms with Gasteiger partial charge in [0.2, 0.25) is 0 Å². The van der Waals surface area contributed by atoms with Crippen molar-refractivity contribution < 1.29 is 0 Å². The number of pyridine rings is 4. The highest BCUT2D eigenvalue weighted by Crippen LogP contribution is 2.45. The molecule has 4 nitrogen and oxygen atoms in total. The summed E-state index contributed by atoms with van der Waals surface area (Å²) in [6.45, 7) is 0. The quantitative estimate of drug-likeness (QED) is 0.306. The van der Waals surface area contributed by atoms with Crippen molar-refractivity contribution in [2.75, 3.05) is 0 Å². The second-order valence-electron chi connectivity index (χ2n) is 6.42. The van der Waals surface area contributed by atoms with Crippen LogP contribution in [0.2, 0.25) is 0 Å². The molecule has 0 saturated carbocycles. The van der Waals surface area contributed by atoms with Crippen molar-refractivity contribution in [1.82, 2.24) is 19.9 Å². The molecule has 24 heavy (non-hydrogen) atoms. The van der Waals surface area contributed by atoms with Gasteiger partial charge in [-0.15, -0.1) is 0 Å². The summed E-state index contributed by atoms with van der Waals surface area (Å²) >= 11 is 0. The van der Waals surface area contributed by atoms with Crippen molar-refractivity contribution in [1.29, 1.82) is 0 Å². The molecule has 0 unspecified atom stereocenters. The SMILES string of the molecule is c1cc2cnc3ncc4ccc5cnc6ncc1c1c2c3c4c5c61. The van der Waals surface area contributed by atoms with Gasteiger partial charge in [0.25, 0.3) is 0 Å². The van der Waals surface area contributed by atoms with Gasteiger partial charge in [0.1, 0.15) is 0 Å². The van der Waals surface area contributed by atoms with Crippen LogP contribution < -0.4 is 0 Å². The van der Waals surface area contributed by atoms with E-state index in [4.69, 9.17) is 0 Å². The molecule has 0 aliphatic carbocycles. The topological polar surface area (TPSA) is 51.6 Å². The summed E-state index contributed by atoms with van der Waals surface area (Å²) in [6.07, 6.45) is 7.68. The van der Waals surface area contributed by atoms with Crippen molar-refractivity contribution in [3.8, 4) is 0 Å². The zero-order chi connectivity index (χ0) is 15.4. The number of aromatic nitrogens is 4. The summed E-state index contributed by atoms with van der Waals surface area (Å²) < 4.78 is 0. The summed E-state index contributed by atoms with van der Waals surface area (Å²) in [5.74, 6) is 0. The van der Waals surface area contributed by atoms with Gasteiger partial charge in [0, 0.05) is 78.6 Å². The van der Waals surface area contributed by atoms with E-state index in [0.717, 1.165) is 43.6 Å². The molecule has 7 aromatic rings. The zero-order valence-electron chi connectivity index (χ0n) is 12.4. The number of hydrogen-bond donors (Lipinski definition) is 0. The standard InChI is InChI=1S/C20H8N4/c1-2-10-6-22-20-18-14(10)13-9(1)5-21-19-17(13)15-11(7-23-19)3-4-12(8-24-20)16(15)18/h1-8H. The van der Waals surface area contributed by atoms with Gasteiger partial charge in [-0.3, -0.25) is 0 Å². The fourth-order valence-corrected chi connectivity index (χ4v) is 4.32. The molecule has 0 atom stereocenters. The van der Waals surface area contributed by atoms with Gasteiger partial charge in [-0.25, -0.2) is 19.9 Å². The average Bonchev–Trinajstić information content (AvgIpc) is 2.65. The molecule has 0 aliphatic heterocycles. The van der Waals surface area contributed by atoms with Gasteiger partial charge >= 0.3 is 0 Å².